The molecule has 0 radical (unpaired) electrons. The average Bonchev–Trinajstić information content (AvgIpc) is 2.70. The van der Waals surface area contributed by atoms with Crippen LogP contribution in [0.4, 0.5) is 0 Å². The van der Waals surface area contributed by atoms with Crippen molar-refractivity contribution in [3.05, 3.63) is 102 Å². The summed E-state index contributed by atoms with van der Waals surface area (Å²) in [5.41, 5.74) is 10.6. The van der Waals surface area contributed by atoms with Crippen LogP contribution >= 0.6 is 0 Å². The van der Waals surface area contributed by atoms with Crippen LogP contribution in [0.15, 0.2) is 90.6 Å². The third kappa shape index (κ3) is 3.45. The van der Waals surface area contributed by atoms with Gasteiger partial charge in [-0.2, -0.15) is 0 Å². The van der Waals surface area contributed by atoms with E-state index in [0.29, 0.717) is 0 Å². The smallest absolute Gasteiger partial charge is 0.255 e. The summed E-state index contributed by atoms with van der Waals surface area (Å²) >= 11 is 0. The predicted octanol–water partition coefficient (Wildman–Crippen LogP) is 5.03. The summed E-state index contributed by atoms with van der Waals surface area (Å²) < 4.78 is 1.71. The third-order valence-corrected chi connectivity index (χ3v) is 4.54. The van der Waals surface area contributed by atoms with Crippen molar-refractivity contribution in [2.24, 2.45) is 5.73 Å². The fourth-order valence-electron chi connectivity index (χ4n) is 3.16. The molecule has 0 amide bonds. The molecule has 4 heteroatoms. The Kier molecular flexibility index (Phi) is 5.41. The van der Waals surface area contributed by atoms with E-state index >= 15 is 0 Å². The van der Waals surface area contributed by atoms with Crippen LogP contribution in [-0.4, -0.2) is 9.55 Å². The highest BCUT2D eigenvalue weighted by molar-refractivity contribution is 6.05. The first kappa shape index (κ1) is 19.1. The highest BCUT2D eigenvalue weighted by atomic mass is 16.1. The molecule has 2 N–H and O–H groups in total. The predicted molar refractivity (Wildman–Crippen MR) is 120 cm³/mol. The lowest BCUT2D eigenvalue weighted by molar-refractivity contribution is 1.08. The second kappa shape index (κ2) is 7.92. The molecule has 1 aromatic carbocycles. The number of nitrogens with two attached hydrogens (primary N) is 1. The van der Waals surface area contributed by atoms with Crippen LogP contribution in [0.2, 0.25) is 0 Å². The Labute approximate surface area is 164 Å². The largest absolute Gasteiger partial charge is 0.404 e. The summed E-state index contributed by atoms with van der Waals surface area (Å²) in [6, 6.07) is 9.24. The van der Waals surface area contributed by atoms with E-state index in [-0.39, 0.29) is 5.56 Å². The monoisotopic (exact) mass is 369 g/mol. The van der Waals surface area contributed by atoms with Gasteiger partial charge in [0.15, 0.2) is 0 Å². The molecule has 0 atom stereocenters. The van der Waals surface area contributed by atoms with Gasteiger partial charge < -0.3 is 5.73 Å². The summed E-state index contributed by atoms with van der Waals surface area (Å²) in [5.74, 6) is 0. The summed E-state index contributed by atoms with van der Waals surface area (Å²) in [6.45, 7) is 11.5. The molecule has 0 aliphatic heterocycles. The molecule has 3 rings (SSSR count). The molecule has 0 saturated heterocycles. The van der Waals surface area contributed by atoms with Gasteiger partial charge in [-0.05, 0) is 49.3 Å². The van der Waals surface area contributed by atoms with Gasteiger partial charge in [0.2, 0.25) is 0 Å². The van der Waals surface area contributed by atoms with Crippen LogP contribution in [0.1, 0.15) is 19.4 Å². The molecule has 2 heterocycles. The van der Waals surface area contributed by atoms with Gasteiger partial charge in [-0.3, -0.25) is 14.3 Å². The van der Waals surface area contributed by atoms with Gasteiger partial charge in [0.25, 0.3) is 5.56 Å². The Morgan fingerprint density at radius 1 is 1.21 bits per heavy atom. The Morgan fingerprint density at radius 3 is 2.64 bits per heavy atom. The van der Waals surface area contributed by atoms with Crippen molar-refractivity contribution in [1.29, 1.82) is 0 Å². The lowest BCUT2D eigenvalue weighted by Gasteiger charge is -2.14. The van der Waals surface area contributed by atoms with Crippen LogP contribution in [0.5, 0.6) is 0 Å². The van der Waals surface area contributed by atoms with Gasteiger partial charge in [-0.25, -0.2) is 0 Å². The molecular weight excluding hydrogens is 346 g/mol. The average molecular weight is 369 g/mol. The topological polar surface area (TPSA) is 60.9 Å². The Balaban J connectivity index is 2.45. The SMILES string of the molecule is C=C/C(=C\N)c1ccc2ncc3ccc(=O)n(C(/C=C\C(=C)C)=C/C)c3c2c1. The minimum Gasteiger partial charge on any atom is -0.404 e. The van der Waals surface area contributed by atoms with E-state index in [1.54, 1.807) is 29.0 Å². The molecule has 0 saturated carbocycles. The summed E-state index contributed by atoms with van der Waals surface area (Å²) in [4.78, 5) is 17.4. The van der Waals surface area contributed by atoms with Crippen molar-refractivity contribution in [1.82, 2.24) is 9.55 Å². The number of pyridine rings is 2. The minimum atomic E-state index is -0.108. The van der Waals surface area contributed by atoms with Crippen molar-refractivity contribution in [2.45, 2.75) is 13.8 Å². The molecule has 0 spiro atoms. The van der Waals surface area contributed by atoms with Gasteiger partial charge >= 0.3 is 0 Å². The second-order valence-corrected chi connectivity index (χ2v) is 6.52. The fourth-order valence-corrected chi connectivity index (χ4v) is 3.16. The van der Waals surface area contributed by atoms with Crippen LogP contribution in [0.25, 0.3) is 33.1 Å². The number of rotatable bonds is 5. The zero-order valence-electron chi connectivity index (χ0n) is 16.1. The number of benzene rings is 1. The number of fused-ring (bicyclic) bond motifs is 3. The van der Waals surface area contributed by atoms with Gasteiger partial charge in [0.1, 0.15) is 0 Å². The van der Waals surface area contributed by atoms with Crippen LogP contribution in [-0.2, 0) is 0 Å². The highest BCUT2D eigenvalue weighted by Crippen LogP contribution is 2.28. The summed E-state index contributed by atoms with van der Waals surface area (Å²) in [5, 5.41) is 1.75. The molecule has 0 unspecified atom stereocenters. The number of allylic oxidation sites excluding steroid dienone is 7. The van der Waals surface area contributed by atoms with Gasteiger partial charge in [0, 0.05) is 34.9 Å². The summed E-state index contributed by atoms with van der Waals surface area (Å²) in [7, 11) is 0. The first-order chi connectivity index (χ1) is 13.5. The van der Waals surface area contributed by atoms with E-state index in [1.165, 1.54) is 6.20 Å². The molecule has 2 aromatic heterocycles. The molecule has 4 nitrogen and oxygen atoms in total. The highest BCUT2D eigenvalue weighted by Gasteiger charge is 2.11. The molecule has 0 aliphatic carbocycles. The lowest BCUT2D eigenvalue weighted by atomic mass is 10.0. The maximum Gasteiger partial charge on any atom is 0.255 e. The number of aromatic nitrogens is 2. The number of hydrogen-bond acceptors (Lipinski definition) is 3. The van der Waals surface area contributed by atoms with E-state index < -0.39 is 0 Å². The number of nitrogens with zero attached hydrogens (tertiary/aromatic N) is 2. The van der Waals surface area contributed by atoms with Crippen molar-refractivity contribution >= 4 is 33.1 Å². The number of hydrogen-bond donors (Lipinski definition) is 1. The van der Waals surface area contributed by atoms with Crippen LogP contribution in [0.3, 0.4) is 0 Å². The van der Waals surface area contributed by atoms with E-state index in [4.69, 9.17) is 5.73 Å². The van der Waals surface area contributed by atoms with Crippen molar-refractivity contribution in [3.63, 3.8) is 0 Å². The maximum absolute atomic E-state index is 12.9. The molecule has 3 aromatic rings. The van der Waals surface area contributed by atoms with Crippen LogP contribution < -0.4 is 11.3 Å². The molecule has 28 heavy (non-hydrogen) atoms. The summed E-state index contributed by atoms with van der Waals surface area (Å²) in [6.07, 6.45) is 10.7. The maximum atomic E-state index is 12.9. The zero-order chi connectivity index (χ0) is 20.3. The van der Waals surface area contributed by atoms with Crippen molar-refractivity contribution in [3.8, 4) is 0 Å². The fraction of sp³-hybridized carbons (Fsp3) is 0.0833. The molecule has 140 valence electrons. The molecule has 0 aliphatic rings. The van der Waals surface area contributed by atoms with E-state index in [1.807, 2.05) is 50.3 Å². The molecule has 0 fully saturated rings. The molecule has 0 bridgehead atoms. The second-order valence-electron chi connectivity index (χ2n) is 6.52. The standard InChI is InChI=1S/C24H23N3O/c1-5-17(14-25)18-8-11-22-21(13-18)24-19(15-26-22)9-12-23(28)27(24)20(6-2)10-7-16(3)4/h5-15H,1,3,25H2,2,4H3/b10-7-,17-14+,20-6+. The van der Waals surface area contributed by atoms with Gasteiger partial charge in [0.05, 0.1) is 11.0 Å². The van der Waals surface area contributed by atoms with E-state index in [2.05, 4.69) is 18.1 Å². The van der Waals surface area contributed by atoms with Crippen molar-refractivity contribution < 1.29 is 0 Å². The lowest BCUT2D eigenvalue weighted by Crippen LogP contribution is -2.18. The Morgan fingerprint density at radius 2 is 2.00 bits per heavy atom. The minimum absolute atomic E-state index is 0.108. The zero-order valence-corrected chi connectivity index (χ0v) is 16.1. The first-order valence-corrected chi connectivity index (χ1v) is 8.99. The van der Waals surface area contributed by atoms with Crippen LogP contribution in [0, 0.1) is 0 Å². The van der Waals surface area contributed by atoms with E-state index in [0.717, 1.165) is 44.2 Å². The quantitative estimate of drug-likeness (QED) is 0.507. The van der Waals surface area contributed by atoms with Gasteiger partial charge in [-0.15, -0.1) is 0 Å². The van der Waals surface area contributed by atoms with E-state index in [9.17, 15) is 4.79 Å². The Hall–Kier alpha value is -3.66. The van der Waals surface area contributed by atoms with Crippen molar-refractivity contribution in [2.75, 3.05) is 0 Å². The normalized spacial score (nSPS) is 12.8. The van der Waals surface area contributed by atoms with Gasteiger partial charge in [-0.1, -0.05) is 43.0 Å². The Bertz CT molecular complexity index is 1240. The molecular formula is C24H23N3O. The third-order valence-electron chi connectivity index (χ3n) is 4.54. The first-order valence-electron chi connectivity index (χ1n) is 8.99.